The number of aromatic nitrogens is 2. The highest BCUT2D eigenvalue weighted by Gasteiger charge is 2.46. The second-order valence-corrected chi connectivity index (χ2v) is 29.9. The summed E-state index contributed by atoms with van der Waals surface area (Å²) in [4.78, 5) is 57.4. The molecule has 2 N–H and O–H groups in total. The molecule has 17 heteroatoms. The highest BCUT2D eigenvalue weighted by molar-refractivity contribution is 7.87. The summed E-state index contributed by atoms with van der Waals surface area (Å²) < 4.78 is 42.0. The summed E-state index contributed by atoms with van der Waals surface area (Å²) in [5.74, 6) is 0.280. The van der Waals surface area contributed by atoms with Gasteiger partial charge < -0.3 is 20.8 Å². The van der Waals surface area contributed by atoms with Crippen molar-refractivity contribution in [3.8, 4) is 0 Å². The fourth-order valence-corrected chi connectivity index (χ4v) is 15.2. The third-order valence-corrected chi connectivity index (χ3v) is 20.2. The van der Waals surface area contributed by atoms with Crippen molar-refractivity contribution >= 4 is 93.4 Å². The molecule has 0 saturated heterocycles. The molecule has 2 aromatic heterocycles. The van der Waals surface area contributed by atoms with Gasteiger partial charge in [0, 0.05) is 50.3 Å². The molecular weight excluding hydrogens is 1040 g/mol. The number of fused-ring (bicyclic) bond motifs is 14. The normalized spacial score (nSPS) is 15.4. The number of rotatable bonds is 10. The van der Waals surface area contributed by atoms with Crippen molar-refractivity contribution in [2.45, 2.75) is 136 Å². The third-order valence-electron chi connectivity index (χ3n) is 15.8. The fraction of sp³-hybridized carbons (Fsp3) is 0.365. The van der Waals surface area contributed by atoms with Crippen LogP contribution in [0.3, 0.4) is 0 Å². The van der Waals surface area contributed by atoms with E-state index in [2.05, 4.69) is 161 Å². The number of amides is 1. The number of hydrogen-bond acceptors (Lipinski definition) is 11. The van der Waals surface area contributed by atoms with Gasteiger partial charge in [0.25, 0.3) is 10.1 Å². The van der Waals surface area contributed by atoms with Crippen LogP contribution in [0.1, 0.15) is 153 Å². The van der Waals surface area contributed by atoms with Crippen LogP contribution in [0.4, 0.5) is 11.6 Å². The molecule has 80 heavy (non-hydrogen) atoms. The van der Waals surface area contributed by atoms with Crippen LogP contribution in [0.2, 0.25) is 0 Å². The Bertz CT molecular complexity index is 4190. The van der Waals surface area contributed by atoms with E-state index >= 15 is 8.42 Å². The van der Waals surface area contributed by atoms with Crippen LogP contribution in [-0.4, -0.2) is 77.3 Å². The molecule has 410 valence electrons. The monoisotopic (exact) mass is 1110 g/mol. The van der Waals surface area contributed by atoms with Gasteiger partial charge in [-0.25, -0.2) is 30.0 Å². The first-order chi connectivity index (χ1) is 37.5. The van der Waals surface area contributed by atoms with Crippen LogP contribution in [0.25, 0.3) is 21.5 Å². The molecule has 1 unspecified atom stereocenters. The standard InChI is InChI=1S/C48H48N8.C15H21NO6S.Al/c1-45(2,3)25-13-17-29-33(21-25)41-49-37(29)54-42-35-23-27(47(7,8)9)15-19-31(35)39(51-42)56-44-36-24-28(48(10,11)12)16-20-32(36)40(52-44)55-43-34-22-26(46(4,5)6)14-18-30(34)38(50-43)53-41;1-10(2)13(9-14(17)18)15(19)16-8-7-11-3-5-12(6-4-11)23(20,21)22;/h13-24H,1-12H3;3-6,10,13H,7-9H2,1-2H3,(H,16,19)(H,17,18)(H,20,21,22);/q-2;;+3/p-1. The number of nitrogens with one attached hydrogen (secondary N) is 1. The van der Waals surface area contributed by atoms with Gasteiger partial charge >= 0.3 is 20.9 Å². The Hall–Kier alpha value is -7.16. The van der Waals surface area contributed by atoms with E-state index in [1.165, 1.54) is 12.1 Å². The lowest BCUT2D eigenvalue weighted by Crippen LogP contribution is -2.49. The van der Waals surface area contributed by atoms with Crippen LogP contribution >= 0.6 is 0 Å². The van der Waals surface area contributed by atoms with Gasteiger partial charge in [0.15, 0.2) is 23.3 Å². The minimum atomic E-state index is -4.67. The van der Waals surface area contributed by atoms with Gasteiger partial charge in [0.1, 0.15) is 22.6 Å². The Labute approximate surface area is 472 Å². The predicted octanol–water partition coefficient (Wildman–Crippen LogP) is 10.9. The summed E-state index contributed by atoms with van der Waals surface area (Å²) >= 11 is -3.95. The van der Waals surface area contributed by atoms with Crippen molar-refractivity contribution in [3.05, 3.63) is 158 Å². The van der Waals surface area contributed by atoms with E-state index in [1.54, 1.807) is 12.1 Å². The fourth-order valence-electron chi connectivity index (χ4n) is 10.8. The van der Waals surface area contributed by atoms with Gasteiger partial charge in [-0.05, 0) is 98.2 Å². The number of benzene rings is 5. The molecule has 1 amide bonds. The Morgan fingerprint density at radius 1 is 0.550 bits per heavy atom. The topological polar surface area (TPSA) is 194 Å². The zero-order valence-corrected chi connectivity index (χ0v) is 50.0. The number of aliphatic imine (C=N–C) groups is 4. The van der Waals surface area contributed by atoms with Crippen LogP contribution in [0.5, 0.6) is 0 Å². The number of carbonyl (C=O) groups excluding carboxylic acids is 1. The highest BCUT2D eigenvalue weighted by Crippen LogP contribution is 2.44. The Morgan fingerprint density at radius 2 is 1.00 bits per heavy atom. The molecule has 15 nitrogen and oxygen atoms in total. The van der Waals surface area contributed by atoms with Crippen LogP contribution in [0.15, 0.2) is 132 Å². The van der Waals surface area contributed by atoms with Crippen molar-refractivity contribution < 1.29 is 26.3 Å². The molecule has 4 aliphatic rings. The summed E-state index contributed by atoms with van der Waals surface area (Å²) in [6.07, 6.45) is 0.0995. The van der Waals surface area contributed by atoms with Crippen LogP contribution in [0, 0.1) is 11.8 Å². The number of nitrogens with zero attached hydrogens (tertiary/aromatic N) is 8. The molecular formula is C63H68AlN9O6S. The van der Waals surface area contributed by atoms with Crippen molar-refractivity contribution in [3.63, 3.8) is 0 Å². The molecule has 0 radical (unpaired) electrons. The molecule has 0 spiro atoms. The van der Waals surface area contributed by atoms with Crippen molar-refractivity contribution in [1.29, 1.82) is 0 Å². The van der Waals surface area contributed by atoms with Gasteiger partial charge in [-0.1, -0.05) is 158 Å². The molecule has 5 aromatic carbocycles. The first-order valence-corrected chi connectivity index (χ1v) is 30.3. The highest BCUT2D eigenvalue weighted by atomic mass is 32.2. The summed E-state index contributed by atoms with van der Waals surface area (Å²) in [6.45, 7) is 29.9. The van der Waals surface area contributed by atoms with Gasteiger partial charge in [-0.2, -0.15) is 8.42 Å². The smallest absolute Gasteiger partial charge is 0.481 e. The van der Waals surface area contributed by atoms with E-state index in [4.69, 9.17) is 33.2 Å². The Kier molecular flexibility index (Phi) is 13.2. The number of carboxylic acid groups (broad SMARTS) is 1. The minimum Gasteiger partial charge on any atom is -0.481 e. The zero-order chi connectivity index (χ0) is 57.3. The largest absolute Gasteiger partial charge is 0.825 e. The average molecular weight is 1110 g/mol. The third kappa shape index (κ3) is 9.79. The summed E-state index contributed by atoms with van der Waals surface area (Å²) in [7, 11) is -4.67. The van der Waals surface area contributed by atoms with Gasteiger partial charge in [-0.3, -0.25) is 9.59 Å². The van der Waals surface area contributed by atoms with E-state index in [0.29, 0.717) is 63.1 Å². The zero-order valence-electron chi connectivity index (χ0n) is 48.1. The summed E-state index contributed by atoms with van der Waals surface area (Å²) in [5, 5.41) is 15.2. The molecule has 4 aliphatic heterocycles. The number of aliphatic carboxylic acids is 1. The molecule has 6 bridgehead atoms. The van der Waals surface area contributed by atoms with E-state index < -0.39 is 36.9 Å². The Balaban J connectivity index is 1.21. The molecule has 0 fully saturated rings. The van der Waals surface area contributed by atoms with Gasteiger partial charge in [-0.15, -0.1) is 0 Å². The van der Waals surface area contributed by atoms with E-state index in [9.17, 15) is 14.7 Å². The SMILES string of the molecule is CC(C)C(CC(=O)O)C(=O)NCCc1ccc(S(=O)(=O)[O][Al]2[n]3c4c5cc(C(C)(C)C)ccc5c3N=C3N=C(N=c5c6cc(C(C)(C)C)ccc6c([n]52)=NC2=NC(=N4)c4ccc(C(C)(C)C)cc42)c2ccc(C(C)(C)C)cc23)cc1. The van der Waals surface area contributed by atoms with Gasteiger partial charge in [0.05, 0.1) is 17.2 Å². The molecule has 0 aliphatic carbocycles. The maximum Gasteiger partial charge on any atom is 0.825 e. The van der Waals surface area contributed by atoms with E-state index in [1.807, 2.05) is 20.9 Å². The second-order valence-electron chi connectivity index (χ2n) is 26.1. The van der Waals surface area contributed by atoms with Gasteiger partial charge in [0.2, 0.25) is 5.91 Å². The average Bonchev–Trinajstić information content (AvgIpc) is 4.28. The number of hydrogen-bond donors (Lipinski definition) is 2. The maximum atomic E-state index is 15.6. The predicted molar refractivity (Wildman–Crippen MR) is 318 cm³/mol. The number of carboxylic acids is 1. The Morgan fingerprint density at radius 3 is 1.52 bits per heavy atom. The molecule has 11 rings (SSSR count). The number of amidine groups is 4. The first-order valence-electron chi connectivity index (χ1n) is 27.4. The molecule has 7 aromatic rings. The van der Waals surface area contributed by atoms with Crippen LogP contribution < -0.4 is 16.3 Å². The van der Waals surface area contributed by atoms with E-state index in [-0.39, 0.29) is 51.3 Å². The minimum absolute atomic E-state index is 0.0856. The lowest BCUT2D eigenvalue weighted by atomic mass is 9.85. The maximum absolute atomic E-state index is 15.6. The van der Waals surface area contributed by atoms with Crippen LogP contribution in [-0.2, 0) is 51.0 Å². The van der Waals surface area contributed by atoms with Crippen molar-refractivity contribution in [2.24, 2.45) is 41.8 Å². The van der Waals surface area contributed by atoms with E-state index in [0.717, 1.165) is 60.8 Å². The summed E-state index contributed by atoms with van der Waals surface area (Å²) in [5.41, 5.74) is 7.96. The first kappa shape index (κ1) is 54.8. The lowest BCUT2D eigenvalue weighted by molar-refractivity contribution is -0.142. The van der Waals surface area contributed by atoms with Crippen molar-refractivity contribution in [1.82, 2.24) is 12.4 Å². The molecule has 0 saturated carbocycles. The molecule has 1 atom stereocenters. The quantitative estimate of drug-likeness (QED) is 0.128. The van der Waals surface area contributed by atoms with Crippen molar-refractivity contribution in [2.75, 3.05) is 6.54 Å². The lowest BCUT2D eigenvalue weighted by Gasteiger charge is -2.20. The molecule has 6 heterocycles. The second kappa shape index (κ2) is 19.3. The summed E-state index contributed by atoms with van der Waals surface area (Å²) in [6, 6.07) is 31.6. The number of carbonyl (C=O) groups is 2.